The SMILES string of the molecule is COc1ccc2c(-c3ccccc3)c(C(=O)N3CCCN(CC(=O)N(C)C)CC3)oc2c1. The molecule has 0 atom stereocenters. The highest BCUT2D eigenvalue weighted by Gasteiger charge is 2.28. The van der Waals surface area contributed by atoms with Gasteiger partial charge in [0.2, 0.25) is 11.7 Å². The number of hydrogen-bond donors (Lipinski definition) is 0. The van der Waals surface area contributed by atoms with Crippen molar-refractivity contribution < 1.29 is 18.7 Å². The number of nitrogens with zero attached hydrogens (tertiary/aromatic N) is 3. The number of carbonyl (C=O) groups excluding carboxylic acids is 2. The molecule has 168 valence electrons. The predicted molar refractivity (Wildman–Crippen MR) is 124 cm³/mol. The summed E-state index contributed by atoms with van der Waals surface area (Å²) in [6.45, 7) is 2.98. The van der Waals surface area contributed by atoms with Crippen molar-refractivity contribution in [1.82, 2.24) is 14.7 Å². The van der Waals surface area contributed by atoms with Crippen LogP contribution in [0, 0.1) is 0 Å². The summed E-state index contributed by atoms with van der Waals surface area (Å²) >= 11 is 0. The normalized spacial score (nSPS) is 14.9. The van der Waals surface area contributed by atoms with E-state index in [0.29, 0.717) is 43.3 Å². The number of hydrogen-bond acceptors (Lipinski definition) is 5. The minimum atomic E-state index is -0.125. The van der Waals surface area contributed by atoms with E-state index in [2.05, 4.69) is 4.90 Å². The lowest BCUT2D eigenvalue weighted by Gasteiger charge is -2.22. The number of fused-ring (bicyclic) bond motifs is 1. The molecule has 2 aromatic carbocycles. The van der Waals surface area contributed by atoms with Crippen LogP contribution in [-0.2, 0) is 4.79 Å². The molecule has 0 aliphatic carbocycles. The van der Waals surface area contributed by atoms with Crippen LogP contribution < -0.4 is 4.74 Å². The summed E-state index contributed by atoms with van der Waals surface area (Å²) in [5, 5.41) is 0.883. The number of carbonyl (C=O) groups is 2. The number of likely N-dealkylation sites (N-methyl/N-ethyl adjacent to an activating group) is 1. The molecular formula is C25H29N3O4. The quantitative estimate of drug-likeness (QED) is 0.615. The van der Waals surface area contributed by atoms with Gasteiger partial charge in [-0.3, -0.25) is 14.5 Å². The topological polar surface area (TPSA) is 66.2 Å². The first-order valence-electron chi connectivity index (χ1n) is 10.9. The molecular weight excluding hydrogens is 406 g/mol. The Morgan fingerprint density at radius 2 is 1.81 bits per heavy atom. The molecule has 7 nitrogen and oxygen atoms in total. The fourth-order valence-corrected chi connectivity index (χ4v) is 4.05. The van der Waals surface area contributed by atoms with Crippen molar-refractivity contribution in [2.75, 3.05) is 53.9 Å². The van der Waals surface area contributed by atoms with E-state index in [1.165, 1.54) is 0 Å². The average molecular weight is 436 g/mol. The van der Waals surface area contributed by atoms with Gasteiger partial charge < -0.3 is 19.0 Å². The molecule has 0 saturated carbocycles. The van der Waals surface area contributed by atoms with Crippen molar-refractivity contribution in [3.05, 3.63) is 54.3 Å². The Hall–Kier alpha value is -3.32. The molecule has 4 rings (SSSR count). The van der Waals surface area contributed by atoms with Gasteiger partial charge in [0.05, 0.1) is 13.7 Å². The van der Waals surface area contributed by atoms with E-state index in [-0.39, 0.29) is 11.8 Å². The Labute approximate surface area is 188 Å². The van der Waals surface area contributed by atoms with Crippen LogP contribution in [0.1, 0.15) is 17.0 Å². The molecule has 2 heterocycles. The Bertz CT molecular complexity index is 1110. The molecule has 7 heteroatoms. The van der Waals surface area contributed by atoms with Gasteiger partial charge >= 0.3 is 0 Å². The Morgan fingerprint density at radius 1 is 1.03 bits per heavy atom. The standard InChI is InChI=1S/C25H29N3O4/c1-26(2)22(29)17-27-12-7-13-28(15-14-27)25(30)24-23(18-8-5-4-6-9-18)20-11-10-19(31-3)16-21(20)32-24/h4-6,8-11,16H,7,12-15,17H2,1-3H3. The Morgan fingerprint density at radius 3 is 2.53 bits per heavy atom. The second-order valence-electron chi connectivity index (χ2n) is 8.24. The summed E-state index contributed by atoms with van der Waals surface area (Å²) < 4.78 is 11.5. The second-order valence-corrected chi connectivity index (χ2v) is 8.24. The highest BCUT2D eigenvalue weighted by molar-refractivity contribution is 6.08. The predicted octanol–water partition coefficient (Wildman–Crippen LogP) is 3.34. The van der Waals surface area contributed by atoms with Crippen molar-refractivity contribution in [3.63, 3.8) is 0 Å². The van der Waals surface area contributed by atoms with Crippen LogP contribution in [0.25, 0.3) is 22.1 Å². The maximum atomic E-state index is 13.6. The van der Waals surface area contributed by atoms with E-state index in [9.17, 15) is 9.59 Å². The summed E-state index contributed by atoms with van der Waals surface area (Å²) in [7, 11) is 5.13. The number of amides is 2. The number of ether oxygens (including phenoxy) is 1. The first-order chi connectivity index (χ1) is 15.5. The van der Waals surface area contributed by atoms with E-state index in [1.807, 2.05) is 53.4 Å². The second kappa shape index (κ2) is 9.44. The van der Waals surface area contributed by atoms with E-state index in [0.717, 1.165) is 29.5 Å². The molecule has 1 fully saturated rings. The van der Waals surface area contributed by atoms with Gasteiger partial charge in [0.15, 0.2) is 0 Å². The number of benzene rings is 2. The monoisotopic (exact) mass is 435 g/mol. The van der Waals surface area contributed by atoms with Crippen LogP contribution in [0.2, 0.25) is 0 Å². The molecule has 0 unspecified atom stereocenters. The highest BCUT2D eigenvalue weighted by atomic mass is 16.5. The third kappa shape index (κ3) is 4.48. The van der Waals surface area contributed by atoms with Crippen LogP contribution in [0.3, 0.4) is 0 Å². The largest absolute Gasteiger partial charge is 0.497 e. The smallest absolute Gasteiger partial charge is 0.290 e. The van der Waals surface area contributed by atoms with E-state index in [1.54, 1.807) is 26.1 Å². The fourth-order valence-electron chi connectivity index (χ4n) is 4.05. The minimum Gasteiger partial charge on any atom is -0.497 e. The van der Waals surface area contributed by atoms with Crippen molar-refractivity contribution in [1.29, 1.82) is 0 Å². The van der Waals surface area contributed by atoms with Crippen molar-refractivity contribution in [2.24, 2.45) is 0 Å². The van der Waals surface area contributed by atoms with Crippen molar-refractivity contribution in [3.8, 4) is 16.9 Å². The summed E-state index contributed by atoms with van der Waals surface area (Å²) in [5.74, 6) is 0.972. The molecule has 3 aromatic rings. The lowest BCUT2D eigenvalue weighted by atomic mass is 10.0. The van der Waals surface area contributed by atoms with Gasteiger partial charge in [0.25, 0.3) is 5.91 Å². The molecule has 0 bridgehead atoms. The zero-order chi connectivity index (χ0) is 22.7. The highest BCUT2D eigenvalue weighted by Crippen LogP contribution is 2.37. The van der Waals surface area contributed by atoms with Crippen molar-refractivity contribution in [2.45, 2.75) is 6.42 Å². The third-order valence-electron chi connectivity index (χ3n) is 5.89. The summed E-state index contributed by atoms with van der Waals surface area (Å²) in [4.78, 5) is 31.3. The third-order valence-corrected chi connectivity index (χ3v) is 5.89. The molecule has 1 aliphatic heterocycles. The number of rotatable bonds is 5. The molecule has 0 spiro atoms. The van der Waals surface area contributed by atoms with Crippen LogP contribution in [0.4, 0.5) is 0 Å². The van der Waals surface area contributed by atoms with E-state index in [4.69, 9.17) is 9.15 Å². The zero-order valence-electron chi connectivity index (χ0n) is 18.8. The van der Waals surface area contributed by atoms with Gasteiger partial charge in [0.1, 0.15) is 11.3 Å². The lowest BCUT2D eigenvalue weighted by molar-refractivity contribution is -0.129. The van der Waals surface area contributed by atoms with E-state index >= 15 is 0 Å². The molecule has 32 heavy (non-hydrogen) atoms. The lowest BCUT2D eigenvalue weighted by Crippen LogP contribution is -2.39. The van der Waals surface area contributed by atoms with Gasteiger partial charge in [-0.15, -0.1) is 0 Å². The number of furan rings is 1. The Balaban J connectivity index is 1.64. The number of methoxy groups -OCH3 is 1. The van der Waals surface area contributed by atoms with E-state index < -0.39 is 0 Å². The molecule has 1 aromatic heterocycles. The molecule has 2 amide bonds. The van der Waals surface area contributed by atoms with Gasteiger partial charge in [0, 0.05) is 57.3 Å². The van der Waals surface area contributed by atoms with Gasteiger partial charge in [-0.25, -0.2) is 0 Å². The van der Waals surface area contributed by atoms with Crippen LogP contribution in [-0.4, -0.2) is 80.4 Å². The van der Waals surface area contributed by atoms with Gasteiger partial charge in [-0.05, 0) is 24.1 Å². The molecule has 1 aliphatic rings. The van der Waals surface area contributed by atoms with Crippen LogP contribution in [0.15, 0.2) is 52.9 Å². The van der Waals surface area contributed by atoms with Crippen LogP contribution >= 0.6 is 0 Å². The Kier molecular flexibility index (Phi) is 6.46. The molecule has 0 radical (unpaired) electrons. The summed E-state index contributed by atoms with van der Waals surface area (Å²) in [6, 6.07) is 15.5. The molecule has 0 N–H and O–H groups in total. The summed E-state index contributed by atoms with van der Waals surface area (Å²) in [5.41, 5.74) is 2.37. The first kappa shape index (κ1) is 21.9. The summed E-state index contributed by atoms with van der Waals surface area (Å²) in [6.07, 6.45) is 0.807. The first-order valence-corrected chi connectivity index (χ1v) is 10.9. The maximum Gasteiger partial charge on any atom is 0.290 e. The van der Waals surface area contributed by atoms with Gasteiger partial charge in [-0.1, -0.05) is 30.3 Å². The minimum absolute atomic E-state index is 0.0716. The average Bonchev–Trinajstić information content (AvgIpc) is 3.03. The van der Waals surface area contributed by atoms with Crippen LogP contribution in [0.5, 0.6) is 5.75 Å². The maximum absolute atomic E-state index is 13.6. The van der Waals surface area contributed by atoms with Crippen molar-refractivity contribution >= 4 is 22.8 Å². The van der Waals surface area contributed by atoms with Gasteiger partial charge in [-0.2, -0.15) is 0 Å². The fraction of sp³-hybridized carbons (Fsp3) is 0.360. The zero-order valence-corrected chi connectivity index (χ0v) is 18.8. The molecule has 1 saturated heterocycles.